The number of benzene rings is 4. The minimum absolute atomic E-state index is 0. The second kappa shape index (κ2) is 41.3. The summed E-state index contributed by atoms with van der Waals surface area (Å²) >= 11 is 0. The zero-order chi connectivity index (χ0) is 66.6. The predicted octanol–water partition coefficient (Wildman–Crippen LogP) is 10.6. The molecular weight excluding hydrogens is 1170 g/mol. The number of hydrogen-bond acceptors (Lipinski definition) is 22. The lowest BCUT2D eigenvalue weighted by Crippen LogP contribution is -2.39. The smallest absolute Gasteiger partial charge is 0.330 e. The van der Waals surface area contributed by atoms with E-state index in [0.29, 0.717) is 65.1 Å². The molecule has 0 saturated carbocycles. The minimum atomic E-state index is -1.43. The fraction of sp³-hybridized carbons (Fsp3) is 0.426. The summed E-state index contributed by atoms with van der Waals surface area (Å²) in [5.41, 5.74) is -3.56. The summed E-state index contributed by atoms with van der Waals surface area (Å²) in [6, 6.07) is 26.2. The fourth-order valence-electron chi connectivity index (χ4n) is 7.20. The van der Waals surface area contributed by atoms with Crippen molar-refractivity contribution in [3.8, 4) is 23.0 Å². The van der Waals surface area contributed by atoms with E-state index in [1.54, 1.807) is 139 Å². The van der Waals surface area contributed by atoms with E-state index in [4.69, 9.17) is 56.8 Å². The summed E-state index contributed by atoms with van der Waals surface area (Å²) in [5.74, 6) is -0.645. The lowest BCUT2D eigenvalue weighted by Gasteiger charge is -2.28. The van der Waals surface area contributed by atoms with Gasteiger partial charge in [0.25, 0.3) is 0 Å². The molecule has 2 atom stereocenters. The maximum absolute atomic E-state index is 13.2. The van der Waals surface area contributed by atoms with E-state index in [9.17, 15) is 43.8 Å². The first-order chi connectivity index (χ1) is 42.0. The highest BCUT2D eigenvalue weighted by Crippen LogP contribution is 2.28. The van der Waals surface area contributed by atoms with Crippen molar-refractivity contribution < 1.29 is 105 Å². The lowest BCUT2D eigenvalue weighted by atomic mass is 9.96. The average molecular weight is 1260 g/mol. The van der Waals surface area contributed by atoms with Gasteiger partial charge in [-0.25, -0.2) is 14.4 Å². The Bertz CT molecular complexity index is 2690. The van der Waals surface area contributed by atoms with Crippen LogP contribution in [0.5, 0.6) is 23.0 Å². The summed E-state index contributed by atoms with van der Waals surface area (Å²) in [5, 5.41) is 19.5. The first-order valence-electron chi connectivity index (χ1n) is 28.3. The quantitative estimate of drug-likeness (QED) is 0.00796. The molecule has 22 heteroatoms. The van der Waals surface area contributed by atoms with Gasteiger partial charge in [-0.2, -0.15) is 0 Å². The van der Waals surface area contributed by atoms with E-state index in [0.717, 1.165) is 18.2 Å². The number of Topliss-reactive ketones (excluding diaryl/α,β-unsaturated/α-hetero) is 4. The molecule has 22 nitrogen and oxygen atoms in total. The Morgan fingerprint density at radius 1 is 0.389 bits per heavy atom. The third kappa shape index (κ3) is 31.9. The number of carbonyl (C=O) groups excluding carboxylic acids is 7. The van der Waals surface area contributed by atoms with Crippen molar-refractivity contribution in [3.63, 3.8) is 0 Å². The average Bonchev–Trinajstić information content (AvgIpc) is 1.66. The summed E-state index contributed by atoms with van der Waals surface area (Å²) in [6.45, 7) is 32.2. The molecule has 0 amide bonds. The standard InChI is InChI=1S/C38H50O13.C20H22O5.C9H14O4.CH4/c1-9-33(39)47-25-21-43-19-23-45-27(3)50-37(5,6)35(41)29-11-15-31(16-12-29)49-32-17-13-30(14-18-32)36(42)38(7,8)51-28(4)46-24-20-44-22-26-48-34(40)10-2;1-19(2,23)17(21)13-5-9-15(10-6-13)25-16-11-7-14(8-12-16)18(22)20(3,4)24;1-3-9(10)13-8-7-12-6-5-11-4-2;/h9-18,27-28H,1-2,19-26H2,3-8H3;5-12,23-24H,1-4H3;3-4H,1-2,5-8H2;1H4. The first kappa shape index (κ1) is 80.0. The number of aliphatic hydroxyl groups is 2. The molecule has 4 aromatic rings. The SMILES string of the molecule is C.C=CC(=O)OCCOCCOC(C)OC(C)(C)C(=O)c1ccc(Oc2ccc(C(=O)C(C)(C)OC(C)OCCOCCOC(=O)C=C)cc2)cc1.C=COCCOCCOC(=O)C=C.CC(C)(O)C(=O)c1ccc(Oc2ccc(C(=O)C(C)(C)O)cc2)cc1. The van der Waals surface area contributed by atoms with Crippen LogP contribution in [0.25, 0.3) is 0 Å². The van der Waals surface area contributed by atoms with Crippen molar-refractivity contribution in [2.24, 2.45) is 0 Å². The molecule has 4 aromatic carbocycles. The Labute approximate surface area is 528 Å². The van der Waals surface area contributed by atoms with Gasteiger partial charge in [-0.15, -0.1) is 0 Å². The van der Waals surface area contributed by atoms with Gasteiger partial charge < -0.3 is 71.8 Å². The largest absolute Gasteiger partial charge is 0.499 e. The van der Waals surface area contributed by atoms with Gasteiger partial charge in [-0.3, -0.25) is 19.2 Å². The van der Waals surface area contributed by atoms with E-state index in [-0.39, 0.29) is 90.0 Å². The van der Waals surface area contributed by atoms with Crippen molar-refractivity contribution in [3.05, 3.63) is 170 Å². The minimum Gasteiger partial charge on any atom is -0.499 e. The molecule has 0 heterocycles. The van der Waals surface area contributed by atoms with Crippen LogP contribution < -0.4 is 9.47 Å². The molecule has 4 rings (SSSR count). The van der Waals surface area contributed by atoms with Crippen molar-refractivity contribution in [2.75, 3.05) is 79.3 Å². The van der Waals surface area contributed by atoms with Crippen LogP contribution in [0, 0.1) is 0 Å². The Hall–Kier alpha value is -8.03. The van der Waals surface area contributed by atoms with Gasteiger partial charge in [0, 0.05) is 40.5 Å². The maximum atomic E-state index is 13.2. The maximum Gasteiger partial charge on any atom is 0.330 e. The zero-order valence-corrected chi connectivity index (χ0v) is 52.6. The molecule has 0 spiro atoms. The Morgan fingerprint density at radius 2 is 0.633 bits per heavy atom. The highest BCUT2D eigenvalue weighted by molar-refractivity contribution is 6.03. The number of esters is 3. The van der Waals surface area contributed by atoms with Crippen LogP contribution in [0.4, 0.5) is 0 Å². The van der Waals surface area contributed by atoms with Crippen molar-refractivity contribution in [1.82, 2.24) is 0 Å². The van der Waals surface area contributed by atoms with Crippen LogP contribution in [0.15, 0.2) is 148 Å². The molecule has 2 unspecified atom stereocenters. The van der Waals surface area contributed by atoms with E-state index in [1.807, 2.05) is 0 Å². The van der Waals surface area contributed by atoms with Gasteiger partial charge in [0.1, 0.15) is 71.8 Å². The van der Waals surface area contributed by atoms with E-state index < -0.39 is 52.9 Å². The highest BCUT2D eigenvalue weighted by atomic mass is 16.7. The second-order valence-electron chi connectivity index (χ2n) is 20.9. The second-order valence-corrected chi connectivity index (χ2v) is 20.9. The number of ether oxygens (including phenoxy) is 13. The summed E-state index contributed by atoms with van der Waals surface area (Å²) < 4.78 is 69.4. The summed E-state index contributed by atoms with van der Waals surface area (Å²) in [6.07, 6.45) is 3.25. The highest BCUT2D eigenvalue weighted by Gasteiger charge is 2.34. The molecule has 0 radical (unpaired) electrons. The van der Waals surface area contributed by atoms with E-state index in [2.05, 4.69) is 31.1 Å². The van der Waals surface area contributed by atoms with Crippen LogP contribution in [-0.4, -0.2) is 166 Å². The van der Waals surface area contributed by atoms with Gasteiger partial charge in [0.15, 0.2) is 35.7 Å². The van der Waals surface area contributed by atoms with Crippen molar-refractivity contribution in [2.45, 2.75) is 112 Å². The number of carbonyl (C=O) groups is 7. The lowest BCUT2D eigenvalue weighted by molar-refractivity contribution is -0.181. The van der Waals surface area contributed by atoms with Crippen molar-refractivity contribution >= 4 is 41.0 Å². The third-order valence-electron chi connectivity index (χ3n) is 11.6. The van der Waals surface area contributed by atoms with Gasteiger partial charge in [0.05, 0.1) is 59.1 Å². The number of rotatable bonds is 40. The molecular formula is C68H90O22. The number of ketones is 4. The molecule has 0 saturated heterocycles. The monoisotopic (exact) mass is 1260 g/mol. The topological polar surface area (TPSA) is 280 Å². The van der Waals surface area contributed by atoms with Crippen molar-refractivity contribution in [1.29, 1.82) is 0 Å². The van der Waals surface area contributed by atoms with Crippen LogP contribution in [-0.2, 0) is 66.5 Å². The molecule has 0 aliphatic carbocycles. The molecule has 90 heavy (non-hydrogen) atoms. The first-order valence-corrected chi connectivity index (χ1v) is 28.3. The molecule has 2 N–H and O–H groups in total. The normalized spacial score (nSPS) is 11.8. The van der Waals surface area contributed by atoms with Gasteiger partial charge >= 0.3 is 17.9 Å². The van der Waals surface area contributed by atoms with Crippen LogP contribution in [0.2, 0.25) is 0 Å². The number of hydrogen-bond donors (Lipinski definition) is 2. The third-order valence-corrected chi connectivity index (χ3v) is 11.6. The molecule has 494 valence electrons. The fourth-order valence-corrected chi connectivity index (χ4v) is 7.20. The molecule has 0 aromatic heterocycles. The van der Waals surface area contributed by atoms with Gasteiger partial charge in [0.2, 0.25) is 0 Å². The summed E-state index contributed by atoms with van der Waals surface area (Å²) in [7, 11) is 0. The Morgan fingerprint density at radius 3 is 0.878 bits per heavy atom. The van der Waals surface area contributed by atoms with Gasteiger partial charge in [-0.05, 0) is 166 Å². The van der Waals surface area contributed by atoms with Gasteiger partial charge in [-0.1, -0.05) is 33.7 Å². The van der Waals surface area contributed by atoms with E-state index >= 15 is 0 Å². The van der Waals surface area contributed by atoms with Crippen LogP contribution in [0.1, 0.15) is 118 Å². The Balaban J connectivity index is 0.000000850. The molecule has 0 aliphatic rings. The van der Waals surface area contributed by atoms with Crippen LogP contribution in [0.3, 0.4) is 0 Å². The molecule has 0 aliphatic heterocycles. The Kier molecular flexibility index (Phi) is 36.7. The van der Waals surface area contributed by atoms with E-state index in [1.165, 1.54) is 34.0 Å². The molecule has 0 bridgehead atoms. The predicted molar refractivity (Wildman–Crippen MR) is 336 cm³/mol. The zero-order valence-electron chi connectivity index (χ0n) is 52.6. The molecule has 0 fully saturated rings. The summed E-state index contributed by atoms with van der Waals surface area (Å²) in [4.78, 5) is 82.9. The van der Waals surface area contributed by atoms with Crippen LogP contribution >= 0.6 is 0 Å².